The van der Waals surface area contributed by atoms with E-state index < -0.39 is 0 Å². The van der Waals surface area contributed by atoms with Crippen molar-refractivity contribution in [3.05, 3.63) is 35.9 Å². The van der Waals surface area contributed by atoms with Crippen LogP contribution in [0.3, 0.4) is 0 Å². The number of likely N-dealkylation sites (N-methyl/N-ethyl adjacent to an activating group) is 1. The second-order valence-electron chi connectivity index (χ2n) is 5.18. The van der Waals surface area contributed by atoms with Crippen molar-refractivity contribution in [1.29, 1.82) is 0 Å². The van der Waals surface area contributed by atoms with Gasteiger partial charge in [-0.15, -0.1) is 0 Å². The molecule has 0 aromatic heterocycles. The molecule has 1 fully saturated rings. The van der Waals surface area contributed by atoms with Gasteiger partial charge < -0.3 is 19.9 Å². The average Bonchev–Trinajstić information content (AvgIpc) is 2.49. The summed E-state index contributed by atoms with van der Waals surface area (Å²) in [5, 5.41) is 3.02. The molecule has 0 radical (unpaired) electrons. The SMILES string of the molecule is CN(C)C(CNC(=O)N1CCOCC1)c1ccccc1. The molecule has 1 N–H and O–H groups in total. The van der Waals surface area contributed by atoms with Gasteiger partial charge in [-0.1, -0.05) is 30.3 Å². The molecule has 0 saturated carbocycles. The third kappa shape index (κ3) is 3.95. The van der Waals surface area contributed by atoms with Crippen LogP contribution in [-0.2, 0) is 4.74 Å². The van der Waals surface area contributed by atoms with Crippen LogP contribution < -0.4 is 5.32 Å². The molecule has 0 bridgehead atoms. The summed E-state index contributed by atoms with van der Waals surface area (Å²) in [5.41, 5.74) is 1.21. The van der Waals surface area contributed by atoms with Crippen molar-refractivity contribution in [1.82, 2.24) is 15.1 Å². The zero-order valence-corrected chi connectivity index (χ0v) is 12.2. The van der Waals surface area contributed by atoms with Gasteiger partial charge in [0.1, 0.15) is 0 Å². The number of benzene rings is 1. The number of amides is 2. The van der Waals surface area contributed by atoms with Gasteiger partial charge in [-0.05, 0) is 19.7 Å². The molecule has 1 aliphatic heterocycles. The molecule has 0 spiro atoms. The number of hydrogen-bond acceptors (Lipinski definition) is 3. The number of rotatable bonds is 4. The van der Waals surface area contributed by atoms with E-state index in [0.717, 1.165) is 0 Å². The van der Waals surface area contributed by atoms with Crippen molar-refractivity contribution < 1.29 is 9.53 Å². The molecular weight excluding hydrogens is 254 g/mol. The van der Waals surface area contributed by atoms with Crippen molar-refractivity contribution in [3.63, 3.8) is 0 Å². The molecule has 2 amide bonds. The Morgan fingerprint density at radius 3 is 2.55 bits per heavy atom. The molecule has 1 aliphatic rings. The number of nitrogens with zero attached hydrogens (tertiary/aromatic N) is 2. The van der Waals surface area contributed by atoms with Crippen LogP contribution in [0.15, 0.2) is 30.3 Å². The highest BCUT2D eigenvalue weighted by Gasteiger charge is 2.19. The normalized spacial score (nSPS) is 17.1. The molecule has 110 valence electrons. The highest BCUT2D eigenvalue weighted by molar-refractivity contribution is 5.74. The number of carbonyl (C=O) groups excluding carboxylic acids is 1. The van der Waals surface area contributed by atoms with Crippen LogP contribution in [0.2, 0.25) is 0 Å². The van der Waals surface area contributed by atoms with E-state index in [1.54, 1.807) is 4.90 Å². The number of hydrogen-bond donors (Lipinski definition) is 1. The van der Waals surface area contributed by atoms with Crippen molar-refractivity contribution in [2.24, 2.45) is 0 Å². The third-order valence-corrected chi connectivity index (χ3v) is 3.55. The molecule has 1 aromatic rings. The summed E-state index contributed by atoms with van der Waals surface area (Å²) < 4.78 is 5.25. The Morgan fingerprint density at radius 1 is 1.30 bits per heavy atom. The highest BCUT2D eigenvalue weighted by Crippen LogP contribution is 2.16. The Hall–Kier alpha value is -1.59. The summed E-state index contributed by atoms with van der Waals surface area (Å²) in [5.74, 6) is 0. The van der Waals surface area contributed by atoms with Crippen molar-refractivity contribution in [2.75, 3.05) is 46.9 Å². The Kier molecular flexibility index (Phi) is 5.38. The summed E-state index contributed by atoms with van der Waals surface area (Å²) in [4.78, 5) is 16.0. The maximum atomic E-state index is 12.1. The van der Waals surface area contributed by atoms with Crippen LogP contribution in [0.4, 0.5) is 4.79 Å². The van der Waals surface area contributed by atoms with Crippen molar-refractivity contribution in [2.45, 2.75) is 6.04 Å². The lowest BCUT2D eigenvalue weighted by Gasteiger charge is -2.29. The Bertz CT molecular complexity index is 416. The van der Waals surface area contributed by atoms with E-state index in [0.29, 0.717) is 32.8 Å². The fourth-order valence-electron chi connectivity index (χ4n) is 2.34. The zero-order valence-electron chi connectivity index (χ0n) is 12.2. The van der Waals surface area contributed by atoms with E-state index in [-0.39, 0.29) is 12.1 Å². The molecule has 5 heteroatoms. The maximum Gasteiger partial charge on any atom is 0.317 e. The predicted molar refractivity (Wildman–Crippen MR) is 78.7 cm³/mol. The van der Waals surface area contributed by atoms with E-state index >= 15 is 0 Å². The van der Waals surface area contributed by atoms with Crippen LogP contribution in [0.5, 0.6) is 0 Å². The van der Waals surface area contributed by atoms with Gasteiger partial charge in [-0.3, -0.25) is 0 Å². The average molecular weight is 277 g/mol. The molecule has 1 atom stereocenters. The second kappa shape index (κ2) is 7.26. The maximum absolute atomic E-state index is 12.1. The molecule has 1 heterocycles. The first-order chi connectivity index (χ1) is 9.68. The van der Waals surface area contributed by atoms with E-state index in [2.05, 4.69) is 22.3 Å². The number of nitrogens with one attached hydrogen (secondary N) is 1. The van der Waals surface area contributed by atoms with Gasteiger partial charge in [0.15, 0.2) is 0 Å². The van der Waals surface area contributed by atoms with Crippen LogP contribution >= 0.6 is 0 Å². The lowest BCUT2D eigenvalue weighted by Crippen LogP contribution is -2.47. The second-order valence-corrected chi connectivity index (χ2v) is 5.18. The largest absolute Gasteiger partial charge is 0.378 e. The number of ether oxygens (including phenoxy) is 1. The summed E-state index contributed by atoms with van der Waals surface area (Å²) in [6.07, 6.45) is 0. The molecule has 1 unspecified atom stereocenters. The highest BCUT2D eigenvalue weighted by atomic mass is 16.5. The summed E-state index contributed by atoms with van der Waals surface area (Å²) in [6.45, 7) is 3.20. The fourth-order valence-corrected chi connectivity index (χ4v) is 2.34. The molecule has 5 nitrogen and oxygen atoms in total. The molecule has 1 saturated heterocycles. The lowest BCUT2D eigenvalue weighted by atomic mass is 10.1. The van der Waals surface area contributed by atoms with Gasteiger partial charge in [0.05, 0.1) is 19.3 Å². The van der Waals surface area contributed by atoms with Crippen LogP contribution in [0.1, 0.15) is 11.6 Å². The van der Waals surface area contributed by atoms with Gasteiger partial charge in [0, 0.05) is 19.6 Å². The number of urea groups is 1. The van der Waals surface area contributed by atoms with Crippen molar-refractivity contribution in [3.8, 4) is 0 Å². The van der Waals surface area contributed by atoms with E-state index in [1.807, 2.05) is 32.3 Å². The molecular formula is C15H23N3O2. The monoisotopic (exact) mass is 277 g/mol. The minimum atomic E-state index is -0.00363. The number of morpholine rings is 1. The summed E-state index contributed by atoms with van der Waals surface area (Å²) >= 11 is 0. The minimum absolute atomic E-state index is 0.00363. The Morgan fingerprint density at radius 2 is 1.95 bits per heavy atom. The standard InChI is InChI=1S/C15H23N3O2/c1-17(2)14(13-6-4-3-5-7-13)12-16-15(19)18-8-10-20-11-9-18/h3-7,14H,8-12H2,1-2H3,(H,16,19). The Labute approximate surface area is 120 Å². The van der Waals surface area contributed by atoms with Crippen LogP contribution in [0, 0.1) is 0 Å². The number of carbonyl (C=O) groups is 1. The smallest absolute Gasteiger partial charge is 0.317 e. The first kappa shape index (κ1) is 14.8. The van der Waals surface area contributed by atoms with E-state index in [1.165, 1.54) is 5.56 Å². The van der Waals surface area contributed by atoms with Gasteiger partial charge in [0.25, 0.3) is 0 Å². The van der Waals surface area contributed by atoms with Crippen LogP contribution in [-0.4, -0.2) is 62.8 Å². The quantitative estimate of drug-likeness (QED) is 0.903. The zero-order chi connectivity index (χ0) is 14.4. The topological polar surface area (TPSA) is 44.8 Å². The first-order valence-electron chi connectivity index (χ1n) is 7.00. The molecule has 20 heavy (non-hydrogen) atoms. The van der Waals surface area contributed by atoms with Gasteiger partial charge >= 0.3 is 6.03 Å². The first-order valence-corrected chi connectivity index (χ1v) is 7.00. The fraction of sp³-hybridized carbons (Fsp3) is 0.533. The lowest BCUT2D eigenvalue weighted by molar-refractivity contribution is 0.0528. The molecule has 0 aliphatic carbocycles. The predicted octanol–water partition coefficient (Wildman–Crippen LogP) is 1.33. The van der Waals surface area contributed by atoms with Gasteiger partial charge in [0.2, 0.25) is 0 Å². The van der Waals surface area contributed by atoms with E-state index in [4.69, 9.17) is 4.74 Å². The summed E-state index contributed by atoms with van der Waals surface area (Å²) in [7, 11) is 4.05. The van der Waals surface area contributed by atoms with Crippen LogP contribution in [0.25, 0.3) is 0 Å². The van der Waals surface area contributed by atoms with Crippen molar-refractivity contribution >= 4 is 6.03 Å². The van der Waals surface area contributed by atoms with Gasteiger partial charge in [-0.25, -0.2) is 4.79 Å². The Balaban J connectivity index is 1.91. The van der Waals surface area contributed by atoms with Gasteiger partial charge in [-0.2, -0.15) is 0 Å². The molecule has 2 rings (SSSR count). The minimum Gasteiger partial charge on any atom is -0.378 e. The molecule has 1 aromatic carbocycles. The third-order valence-electron chi connectivity index (χ3n) is 3.55. The van der Waals surface area contributed by atoms with E-state index in [9.17, 15) is 4.79 Å². The summed E-state index contributed by atoms with van der Waals surface area (Å²) in [6, 6.07) is 10.4.